The van der Waals surface area contributed by atoms with Crippen molar-refractivity contribution in [1.82, 2.24) is 18.8 Å². The molecule has 0 aliphatic carbocycles. The fraction of sp³-hybridized carbons (Fsp3) is 0.278. The van der Waals surface area contributed by atoms with Gasteiger partial charge in [0.15, 0.2) is 0 Å². The van der Waals surface area contributed by atoms with Gasteiger partial charge in [-0.15, -0.1) is 0 Å². The average Bonchev–Trinajstić information content (AvgIpc) is 3.13. The van der Waals surface area contributed by atoms with Crippen molar-refractivity contribution >= 4 is 38.7 Å². The molecular formula is C18H20N4O3S2. The number of aromatic nitrogens is 2. The van der Waals surface area contributed by atoms with Gasteiger partial charge in [0.25, 0.3) is 0 Å². The lowest BCUT2D eigenvalue weighted by Gasteiger charge is -2.21. The van der Waals surface area contributed by atoms with E-state index in [9.17, 15) is 13.2 Å². The number of carbonyl (C=O) groups is 1. The van der Waals surface area contributed by atoms with E-state index in [-0.39, 0.29) is 16.7 Å². The van der Waals surface area contributed by atoms with Crippen LogP contribution in [-0.4, -0.2) is 29.1 Å². The Balaban J connectivity index is 1.79. The van der Waals surface area contributed by atoms with E-state index in [0.29, 0.717) is 17.6 Å². The summed E-state index contributed by atoms with van der Waals surface area (Å²) in [4.78, 5) is 12.6. The van der Waals surface area contributed by atoms with Crippen molar-refractivity contribution in [1.29, 1.82) is 0 Å². The highest BCUT2D eigenvalue weighted by Gasteiger charge is 2.29. The molecule has 9 heteroatoms. The average molecular weight is 405 g/mol. The fourth-order valence-electron chi connectivity index (χ4n) is 2.62. The maximum Gasteiger partial charge on any atom is 0.243 e. The number of amides is 1. The molecule has 3 rings (SSSR count). The second-order valence-electron chi connectivity index (χ2n) is 6.43. The summed E-state index contributed by atoms with van der Waals surface area (Å²) in [6, 6.07) is 13.3. The standard InChI is InChI=1S/C18H20N4O3S2/c1-12(2)16(18(23)19-11-13-7-4-3-5-8-13)22-27(24,25)15-10-6-9-14-17(15)21-26-20-14/h3-10,12,16,22H,11H2,1-2H3,(H,19,23). The van der Waals surface area contributed by atoms with Gasteiger partial charge in [0.1, 0.15) is 22.0 Å². The fourth-order valence-corrected chi connectivity index (χ4v) is 4.73. The lowest BCUT2D eigenvalue weighted by atomic mass is 10.0. The van der Waals surface area contributed by atoms with Crippen LogP contribution in [0.3, 0.4) is 0 Å². The Labute approximate surface area is 162 Å². The Morgan fingerprint density at radius 1 is 1.07 bits per heavy atom. The Morgan fingerprint density at radius 3 is 2.52 bits per heavy atom. The number of hydrogen-bond donors (Lipinski definition) is 2. The van der Waals surface area contributed by atoms with Crippen molar-refractivity contribution in [2.45, 2.75) is 31.3 Å². The second kappa shape index (κ2) is 8.12. The van der Waals surface area contributed by atoms with Crippen LogP contribution in [0, 0.1) is 5.92 Å². The Kier molecular flexibility index (Phi) is 5.83. The molecule has 2 N–H and O–H groups in total. The molecule has 0 fully saturated rings. The number of carbonyl (C=O) groups excluding carboxylic acids is 1. The van der Waals surface area contributed by atoms with Gasteiger partial charge in [0, 0.05) is 6.54 Å². The third-order valence-electron chi connectivity index (χ3n) is 4.08. The molecule has 142 valence electrons. The first kappa shape index (κ1) is 19.4. The first-order chi connectivity index (χ1) is 12.9. The highest BCUT2D eigenvalue weighted by atomic mass is 32.2. The monoisotopic (exact) mass is 404 g/mol. The molecule has 7 nitrogen and oxygen atoms in total. The molecule has 0 aliphatic rings. The molecule has 1 aromatic heterocycles. The third-order valence-corrected chi connectivity index (χ3v) is 6.09. The van der Waals surface area contributed by atoms with Gasteiger partial charge in [0.2, 0.25) is 15.9 Å². The van der Waals surface area contributed by atoms with Crippen molar-refractivity contribution < 1.29 is 13.2 Å². The molecule has 1 unspecified atom stereocenters. The minimum absolute atomic E-state index is 0.0234. The van der Waals surface area contributed by atoms with Gasteiger partial charge >= 0.3 is 0 Å². The van der Waals surface area contributed by atoms with E-state index in [4.69, 9.17) is 0 Å². The normalized spacial score (nSPS) is 13.0. The minimum Gasteiger partial charge on any atom is -0.351 e. The van der Waals surface area contributed by atoms with Crippen LogP contribution in [0.15, 0.2) is 53.4 Å². The summed E-state index contributed by atoms with van der Waals surface area (Å²) in [5.41, 5.74) is 1.76. The number of hydrogen-bond acceptors (Lipinski definition) is 6. The number of benzene rings is 2. The van der Waals surface area contributed by atoms with Crippen LogP contribution in [0.5, 0.6) is 0 Å². The molecule has 2 aromatic carbocycles. The second-order valence-corrected chi connectivity index (χ2v) is 8.65. The molecule has 3 aromatic rings. The van der Waals surface area contributed by atoms with Crippen LogP contribution in [0.4, 0.5) is 0 Å². The van der Waals surface area contributed by atoms with Gasteiger partial charge in [-0.1, -0.05) is 50.2 Å². The summed E-state index contributed by atoms with van der Waals surface area (Å²) in [5, 5.41) is 2.79. The minimum atomic E-state index is -3.94. The van der Waals surface area contributed by atoms with E-state index in [1.54, 1.807) is 26.0 Å². The van der Waals surface area contributed by atoms with Gasteiger partial charge in [0.05, 0.1) is 11.7 Å². The summed E-state index contributed by atoms with van der Waals surface area (Å²) >= 11 is 0.949. The van der Waals surface area contributed by atoms with E-state index in [2.05, 4.69) is 18.8 Å². The lowest BCUT2D eigenvalue weighted by Crippen LogP contribution is -2.49. The Morgan fingerprint density at radius 2 is 1.81 bits per heavy atom. The molecule has 27 heavy (non-hydrogen) atoms. The van der Waals surface area contributed by atoms with E-state index in [0.717, 1.165) is 17.3 Å². The molecule has 1 atom stereocenters. The highest BCUT2D eigenvalue weighted by molar-refractivity contribution is 7.89. The van der Waals surface area contributed by atoms with Crippen LogP contribution in [0.25, 0.3) is 11.0 Å². The molecular weight excluding hydrogens is 384 g/mol. The predicted octanol–water partition coefficient (Wildman–Crippen LogP) is 2.31. The number of fused-ring (bicyclic) bond motifs is 1. The van der Waals surface area contributed by atoms with Gasteiger partial charge in [-0.25, -0.2) is 8.42 Å². The van der Waals surface area contributed by atoms with Crippen molar-refractivity contribution in [2.24, 2.45) is 5.92 Å². The zero-order valence-corrected chi connectivity index (χ0v) is 16.5. The Bertz CT molecular complexity index is 1030. The van der Waals surface area contributed by atoms with Gasteiger partial charge < -0.3 is 5.32 Å². The van der Waals surface area contributed by atoms with E-state index in [1.807, 2.05) is 30.3 Å². The summed E-state index contributed by atoms with van der Waals surface area (Å²) in [6.07, 6.45) is 0. The largest absolute Gasteiger partial charge is 0.351 e. The smallest absolute Gasteiger partial charge is 0.243 e. The van der Waals surface area contributed by atoms with Crippen LogP contribution in [-0.2, 0) is 21.4 Å². The van der Waals surface area contributed by atoms with Crippen LogP contribution in [0.2, 0.25) is 0 Å². The molecule has 0 saturated carbocycles. The van der Waals surface area contributed by atoms with Gasteiger partial charge in [-0.05, 0) is 23.6 Å². The van der Waals surface area contributed by atoms with Crippen LogP contribution in [0.1, 0.15) is 19.4 Å². The van der Waals surface area contributed by atoms with E-state index >= 15 is 0 Å². The van der Waals surface area contributed by atoms with Crippen molar-refractivity contribution in [3.63, 3.8) is 0 Å². The van der Waals surface area contributed by atoms with Crippen molar-refractivity contribution in [3.05, 3.63) is 54.1 Å². The first-order valence-corrected chi connectivity index (χ1v) is 10.6. The van der Waals surface area contributed by atoms with E-state index in [1.165, 1.54) is 6.07 Å². The molecule has 0 aliphatic heterocycles. The van der Waals surface area contributed by atoms with Gasteiger partial charge in [-0.2, -0.15) is 13.5 Å². The number of nitrogens with one attached hydrogen (secondary N) is 2. The first-order valence-electron chi connectivity index (χ1n) is 8.44. The third kappa shape index (κ3) is 4.49. The molecule has 0 spiro atoms. The maximum atomic E-state index is 12.9. The molecule has 0 radical (unpaired) electrons. The molecule has 1 amide bonds. The molecule has 0 bridgehead atoms. The SMILES string of the molecule is CC(C)C(NS(=O)(=O)c1cccc2nsnc12)C(=O)NCc1ccccc1. The zero-order valence-electron chi connectivity index (χ0n) is 14.9. The van der Waals surface area contributed by atoms with Crippen molar-refractivity contribution in [3.8, 4) is 0 Å². The van der Waals surface area contributed by atoms with Crippen LogP contribution < -0.4 is 10.0 Å². The molecule has 0 saturated heterocycles. The quantitative estimate of drug-likeness (QED) is 0.629. The summed E-state index contributed by atoms with van der Waals surface area (Å²) < 4.78 is 36.4. The summed E-state index contributed by atoms with van der Waals surface area (Å²) in [5.74, 6) is -0.607. The Hall–Kier alpha value is -2.36. The lowest BCUT2D eigenvalue weighted by molar-refractivity contribution is -0.123. The number of rotatable bonds is 7. The topological polar surface area (TPSA) is 101 Å². The van der Waals surface area contributed by atoms with Gasteiger partial charge in [-0.3, -0.25) is 4.79 Å². The van der Waals surface area contributed by atoms with Crippen LogP contribution >= 0.6 is 11.7 Å². The molecule has 1 heterocycles. The van der Waals surface area contributed by atoms with Crippen molar-refractivity contribution in [2.75, 3.05) is 0 Å². The summed E-state index contributed by atoms with van der Waals surface area (Å²) in [6.45, 7) is 3.91. The highest BCUT2D eigenvalue weighted by Crippen LogP contribution is 2.21. The summed E-state index contributed by atoms with van der Waals surface area (Å²) in [7, 11) is -3.94. The zero-order chi connectivity index (χ0) is 19.4. The maximum absolute atomic E-state index is 12.9. The van der Waals surface area contributed by atoms with E-state index < -0.39 is 16.1 Å². The number of sulfonamides is 1. The number of nitrogens with zero attached hydrogens (tertiary/aromatic N) is 2. The predicted molar refractivity (Wildman–Crippen MR) is 105 cm³/mol.